The molecule has 0 saturated carbocycles. The van der Waals surface area contributed by atoms with Gasteiger partial charge in [0.15, 0.2) is 0 Å². The van der Waals surface area contributed by atoms with Crippen LogP contribution in [0.1, 0.15) is 30.6 Å². The third kappa shape index (κ3) is 4.04. The second kappa shape index (κ2) is 8.87. The van der Waals surface area contributed by atoms with Crippen LogP contribution in [0.4, 0.5) is 5.69 Å². The first-order valence-corrected chi connectivity index (χ1v) is 11.5. The molecule has 0 radical (unpaired) electrons. The summed E-state index contributed by atoms with van der Waals surface area (Å²) in [6.07, 6.45) is -2.16. The average molecular weight is 391 g/mol. The molecule has 2 aromatic rings. The first-order valence-electron chi connectivity index (χ1n) is 8.68. The number of nitrogens with zero attached hydrogens (tertiary/aromatic N) is 3. The Kier molecular flexibility index (Phi) is 7.07. The maximum Gasteiger partial charge on any atom is 0.269 e. The standard InChI is InChI=1S/C19H26N3O2PS/c1-5-21(6-2)25(26,20(3)4)19(16-10-8-7-9-11-16)17-12-14-18(15-13-17)22(23)24/h7-15,19H,5-6H2,1-4H3. The van der Waals surface area contributed by atoms with E-state index in [2.05, 4.69) is 35.3 Å². The Morgan fingerprint density at radius 3 is 1.92 bits per heavy atom. The fourth-order valence-electron chi connectivity index (χ4n) is 3.27. The maximum atomic E-state index is 11.0. The fourth-order valence-corrected chi connectivity index (χ4v) is 7.92. The van der Waals surface area contributed by atoms with E-state index in [1.54, 1.807) is 12.1 Å². The van der Waals surface area contributed by atoms with Crippen molar-refractivity contribution < 1.29 is 4.92 Å². The van der Waals surface area contributed by atoms with Gasteiger partial charge in [0.2, 0.25) is 0 Å². The van der Waals surface area contributed by atoms with Gasteiger partial charge in [-0.15, -0.1) is 0 Å². The van der Waals surface area contributed by atoms with Crippen LogP contribution in [0.15, 0.2) is 54.6 Å². The van der Waals surface area contributed by atoms with Crippen LogP contribution >= 0.6 is 6.34 Å². The topological polar surface area (TPSA) is 49.6 Å². The minimum absolute atomic E-state index is 0.0191. The van der Waals surface area contributed by atoms with Gasteiger partial charge in [-0.05, 0) is 25.2 Å². The molecule has 0 fully saturated rings. The largest absolute Gasteiger partial charge is 0.269 e. The highest BCUT2D eigenvalue weighted by molar-refractivity contribution is 8.12. The number of benzene rings is 2. The lowest BCUT2D eigenvalue weighted by Crippen LogP contribution is -2.31. The summed E-state index contributed by atoms with van der Waals surface area (Å²) in [5, 5.41) is 11.0. The van der Waals surface area contributed by atoms with Crippen LogP contribution in [0.2, 0.25) is 0 Å². The molecule has 5 nitrogen and oxygen atoms in total. The summed E-state index contributed by atoms with van der Waals surface area (Å²) < 4.78 is 4.54. The van der Waals surface area contributed by atoms with Crippen LogP contribution in [0.3, 0.4) is 0 Å². The minimum atomic E-state index is -2.16. The number of hydrogen-bond donors (Lipinski definition) is 0. The van der Waals surface area contributed by atoms with Crippen LogP contribution in [0.5, 0.6) is 0 Å². The molecular weight excluding hydrogens is 365 g/mol. The molecule has 0 heterocycles. The molecule has 0 N–H and O–H groups in total. The van der Waals surface area contributed by atoms with Crippen molar-refractivity contribution in [2.24, 2.45) is 0 Å². The van der Waals surface area contributed by atoms with Crippen molar-refractivity contribution in [3.8, 4) is 0 Å². The molecule has 26 heavy (non-hydrogen) atoms. The summed E-state index contributed by atoms with van der Waals surface area (Å²) in [6, 6.07) is 17.1. The molecule has 0 aliphatic heterocycles. The van der Waals surface area contributed by atoms with Crippen molar-refractivity contribution in [3.63, 3.8) is 0 Å². The van der Waals surface area contributed by atoms with Crippen LogP contribution < -0.4 is 0 Å². The normalized spacial score (nSPS) is 15.0. The molecule has 2 aromatic carbocycles. The van der Waals surface area contributed by atoms with E-state index in [-0.39, 0.29) is 16.3 Å². The number of nitro benzene ring substituents is 1. The van der Waals surface area contributed by atoms with E-state index in [1.165, 1.54) is 0 Å². The van der Waals surface area contributed by atoms with Crippen LogP contribution in [-0.4, -0.2) is 41.4 Å². The molecule has 2 unspecified atom stereocenters. The molecule has 0 spiro atoms. The quantitative estimate of drug-likeness (QED) is 0.364. The Hall–Kier alpha value is -1.59. The van der Waals surface area contributed by atoms with Crippen LogP contribution in [0.25, 0.3) is 0 Å². The lowest BCUT2D eigenvalue weighted by atomic mass is 10.0. The number of rotatable bonds is 8. The minimum Gasteiger partial charge on any atom is -0.269 e. The third-order valence-electron chi connectivity index (χ3n) is 4.58. The molecular formula is C19H26N3O2PS. The predicted octanol–water partition coefficient (Wildman–Crippen LogP) is 4.90. The highest BCUT2D eigenvalue weighted by atomic mass is 32.4. The highest BCUT2D eigenvalue weighted by Crippen LogP contribution is 2.65. The second-order valence-corrected chi connectivity index (χ2v) is 10.9. The number of non-ortho nitro benzene ring substituents is 1. The molecule has 0 bridgehead atoms. The van der Waals surface area contributed by atoms with Gasteiger partial charge in [-0.3, -0.25) is 19.5 Å². The van der Waals surface area contributed by atoms with Gasteiger partial charge in [-0.2, -0.15) is 0 Å². The van der Waals surface area contributed by atoms with Crippen molar-refractivity contribution in [1.82, 2.24) is 9.34 Å². The highest BCUT2D eigenvalue weighted by Gasteiger charge is 2.37. The molecule has 0 aliphatic rings. The van der Waals surface area contributed by atoms with Gasteiger partial charge in [0.05, 0.1) is 16.9 Å². The van der Waals surface area contributed by atoms with Crippen molar-refractivity contribution in [3.05, 3.63) is 75.8 Å². The zero-order valence-corrected chi connectivity index (χ0v) is 17.4. The van der Waals surface area contributed by atoms with E-state index in [4.69, 9.17) is 11.8 Å². The maximum absolute atomic E-state index is 11.0. The van der Waals surface area contributed by atoms with E-state index in [0.717, 1.165) is 24.2 Å². The van der Waals surface area contributed by atoms with E-state index < -0.39 is 6.34 Å². The summed E-state index contributed by atoms with van der Waals surface area (Å²) in [6.45, 7) is 5.99. The zero-order chi connectivity index (χ0) is 19.3. The summed E-state index contributed by atoms with van der Waals surface area (Å²) in [5.41, 5.74) is 2.24. The number of nitro groups is 1. The summed E-state index contributed by atoms with van der Waals surface area (Å²) in [7, 11) is 4.08. The predicted molar refractivity (Wildman–Crippen MR) is 112 cm³/mol. The molecule has 0 amide bonds. The third-order valence-corrected chi connectivity index (χ3v) is 10.7. The lowest BCUT2D eigenvalue weighted by Gasteiger charge is -2.44. The first-order chi connectivity index (χ1) is 12.4. The monoisotopic (exact) mass is 391 g/mol. The van der Waals surface area contributed by atoms with Gasteiger partial charge in [0, 0.05) is 25.2 Å². The van der Waals surface area contributed by atoms with E-state index in [1.807, 2.05) is 44.4 Å². The van der Waals surface area contributed by atoms with Gasteiger partial charge >= 0.3 is 0 Å². The Labute approximate surface area is 160 Å². The molecule has 2 atom stereocenters. The average Bonchev–Trinajstić information content (AvgIpc) is 2.64. The van der Waals surface area contributed by atoms with Crippen molar-refractivity contribution in [2.45, 2.75) is 19.5 Å². The molecule has 2 rings (SSSR count). The smallest absolute Gasteiger partial charge is 0.269 e. The van der Waals surface area contributed by atoms with Gasteiger partial charge in [-0.1, -0.05) is 68.1 Å². The SMILES string of the molecule is CCN(CC)P(=S)(C(c1ccccc1)c1ccc([N+](=O)[O-])cc1)N(C)C. The summed E-state index contributed by atoms with van der Waals surface area (Å²) in [5.74, 6) is 0. The van der Waals surface area contributed by atoms with Gasteiger partial charge < -0.3 is 0 Å². The second-order valence-electron chi connectivity index (χ2n) is 6.24. The van der Waals surface area contributed by atoms with Crippen molar-refractivity contribution >= 4 is 23.8 Å². The van der Waals surface area contributed by atoms with Gasteiger partial charge in [0.1, 0.15) is 0 Å². The van der Waals surface area contributed by atoms with Crippen molar-refractivity contribution in [2.75, 3.05) is 27.2 Å². The van der Waals surface area contributed by atoms with E-state index >= 15 is 0 Å². The van der Waals surface area contributed by atoms with Gasteiger partial charge in [-0.25, -0.2) is 0 Å². The summed E-state index contributed by atoms with van der Waals surface area (Å²) >= 11 is 6.34. The molecule has 0 aromatic heterocycles. The molecule has 0 saturated heterocycles. The zero-order valence-electron chi connectivity index (χ0n) is 15.7. The first kappa shape index (κ1) is 20.7. The van der Waals surface area contributed by atoms with E-state index in [9.17, 15) is 10.1 Å². The Bertz CT molecular complexity index is 777. The van der Waals surface area contributed by atoms with Crippen LogP contribution in [-0.2, 0) is 11.8 Å². The van der Waals surface area contributed by atoms with Crippen molar-refractivity contribution in [1.29, 1.82) is 0 Å². The van der Waals surface area contributed by atoms with E-state index in [0.29, 0.717) is 0 Å². The Morgan fingerprint density at radius 1 is 1.00 bits per heavy atom. The summed E-state index contributed by atoms with van der Waals surface area (Å²) in [4.78, 5) is 10.7. The number of hydrogen-bond acceptors (Lipinski definition) is 3. The van der Waals surface area contributed by atoms with Crippen LogP contribution in [0, 0.1) is 10.1 Å². The Morgan fingerprint density at radius 2 is 1.50 bits per heavy atom. The molecule has 140 valence electrons. The fraction of sp³-hybridized carbons (Fsp3) is 0.368. The van der Waals surface area contributed by atoms with Gasteiger partial charge in [0.25, 0.3) is 5.69 Å². The Balaban J connectivity index is 2.67. The lowest BCUT2D eigenvalue weighted by molar-refractivity contribution is -0.384. The molecule has 7 heteroatoms. The molecule has 0 aliphatic carbocycles.